The monoisotopic (exact) mass is 447 g/mol. The summed E-state index contributed by atoms with van der Waals surface area (Å²) in [6.45, 7) is 0.213. The van der Waals surface area contributed by atoms with Crippen LogP contribution >= 0.6 is 15.9 Å². The van der Waals surface area contributed by atoms with Crippen LogP contribution in [0.4, 0.5) is 15.8 Å². The zero-order valence-corrected chi connectivity index (χ0v) is 17.0. The number of anilines is 2. The normalized spacial score (nSPS) is 16.2. The molecule has 0 radical (unpaired) electrons. The molecule has 146 valence electrons. The maximum Gasteiger partial charge on any atom is 0.253 e. The van der Waals surface area contributed by atoms with Crippen molar-refractivity contribution >= 4 is 45.0 Å². The van der Waals surface area contributed by atoms with Crippen LogP contribution in [-0.4, -0.2) is 43.3 Å². The molecule has 2 aromatic carbocycles. The Labute approximate surface area is 170 Å². The number of hydrogen-bond acceptors (Lipinski definition) is 3. The lowest BCUT2D eigenvalue weighted by Crippen LogP contribution is -2.28. The van der Waals surface area contributed by atoms with E-state index in [1.54, 1.807) is 31.1 Å². The number of rotatable bonds is 4. The Balaban J connectivity index is 1.73. The molecule has 0 aliphatic carbocycles. The zero-order valence-electron chi connectivity index (χ0n) is 15.4. The maximum atomic E-state index is 14.1. The second-order valence-electron chi connectivity index (χ2n) is 6.77. The van der Waals surface area contributed by atoms with E-state index in [4.69, 9.17) is 0 Å². The van der Waals surface area contributed by atoms with Gasteiger partial charge in [-0.15, -0.1) is 0 Å². The smallest absolute Gasteiger partial charge is 0.253 e. The number of hydrogen-bond donors (Lipinski definition) is 1. The highest BCUT2D eigenvalue weighted by atomic mass is 79.9. The van der Waals surface area contributed by atoms with Crippen molar-refractivity contribution in [2.45, 2.75) is 6.42 Å². The number of halogens is 2. The highest BCUT2D eigenvalue weighted by molar-refractivity contribution is 9.10. The highest BCUT2D eigenvalue weighted by Crippen LogP contribution is 2.27. The molecule has 8 heteroatoms. The van der Waals surface area contributed by atoms with Crippen molar-refractivity contribution in [1.82, 2.24) is 4.90 Å². The Morgan fingerprint density at radius 1 is 1.18 bits per heavy atom. The third-order valence-electron chi connectivity index (χ3n) is 4.51. The molecule has 1 fully saturated rings. The molecule has 0 spiro atoms. The van der Waals surface area contributed by atoms with Gasteiger partial charge in [0.25, 0.3) is 5.91 Å². The Morgan fingerprint density at radius 3 is 2.50 bits per heavy atom. The summed E-state index contributed by atoms with van der Waals surface area (Å²) in [5, 5.41) is 2.52. The molecule has 3 rings (SSSR count). The van der Waals surface area contributed by atoms with Crippen molar-refractivity contribution in [3.8, 4) is 0 Å². The van der Waals surface area contributed by atoms with Crippen LogP contribution in [-0.2, 0) is 9.59 Å². The molecule has 1 N–H and O–H groups in total. The first kappa shape index (κ1) is 20.0. The zero-order chi connectivity index (χ0) is 20.4. The van der Waals surface area contributed by atoms with Gasteiger partial charge in [0.2, 0.25) is 11.8 Å². The maximum absolute atomic E-state index is 14.1. The SMILES string of the molecule is CN(C)C(=O)c1ccc(F)c(NC(=O)C2CC(=O)N(c3ccc(Br)cc3)C2)c1. The molecule has 1 heterocycles. The van der Waals surface area contributed by atoms with Crippen LogP contribution in [0.5, 0.6) is 0 Å². The minimum absolute atomic E-state index is 0.0415. The third kappa shape index (κ3) is 4.22. The van der Waals surface area contributed by atoms with Crippen LogP contribution in [0.1, 0.15) is 16.8 Å². The number of nitrogens with one attached hydrogen (secondary N) is 1. The van der Waals surface area contributed by atoms with Gasteiger partial charge in [0.1, 0.15) is 5.82 Å². The van der Waals surface area contributed by atoms with Crippen molar-refractivity contribution in [2.24, 2.45) is 5.92 Å². The van der Waals surface area contributed by atoms with Gasteiger partial charge in [0, 0.05) is 42.8 Å². The van der Waals surface area contributed by atoms with Gasteiger partial charge < -0.3 is 15.1 Å². The van der Waals surface area contributed by atoms with Gasteiger partial charge in [-0.2, -0.15) is 0 Å². The summed E-state index contributed by atoms with van der Waals surface area (Å²) in [7, 11) is 3.18. The summed E-state index contributed by atoms with van der Waals surface area (Å²) in [4.78, 5) is 39.9. The van der Waals surface area contributed by atoms with E-state index in [1.807, 2.05) is 12.1 Å². The van der Waals surface area contributed by atoms with E-state index in [-0.39, 0.29) is 36.0 Å². The molecule has 0 saturated carbocycles. The number of carbonyl (C=O) groups excluding carboxylic acids is 3. The third-order valence-corrected chi connectivity index (χ3v) is 5.04. The van der Waals surface area contributed by atoms with E-state index < -0.39 is 17.6 Å². The summed E-state index contributed by atoms with van der Waals surface area (Å²) in [5.74, 6) is -2.17. The predicted octanol–water partition coefficient (Wildman–Crippen LogP) is 3.28. The number of nitrogens with zero attached hydrogens (tertiary/aromatic N) is 2. The molecule has 1 atom stereocenters. The molecule has 28 heavy (non-hydrogen) atoms. The second-order valence-corrected chi connectivity index (χ2v) is 7.68. The Kier molecular flexibility index (Phi) is 5.79. The number of amides is 3. The van der Waals surface area contributed by atoms with E-state index in [0.29, 0.717) is 5.69 Å². The average Bonchev–Trinajstić information content (AvgIpc) is 3.05. The fourth-order valence-corrected chi connectivity index (χ4v) is 3.27. The van der Waals surface area contributed by atoms with Gasteiger partial charge in [-0.3, -0.25) is 14.4 Å². The van der Waals surface area contributed by atoms with Crippen molar-refractivity contribution in [1.29, 1.82) is 0 Å². The van der Waals surface area contributed by atoms with E-state index in [0.717, 1.165) is 10.5 Å². The fraction of sp³-hybridized carbons (Fsp3) is 0.250. The number of carbonyl (C=O) groups is 3. The van der Waals surface area contributed by atoms with Crippen LogP contribution in [0, 0.1) is 11.7 Å². The van der Waals surface area contributed by atoms with Crippen LogP contribution in [0.2, 0.25) is 0 Å². The van der Waals surface area contributed by atoms with E-state index in [1.165, 1.54) is 17.0 Å². The van der Waals surface area contributed by atoms with Crippen LogP contribution in [0.25, 0.3) is 0 Å². The summed E-state index contributed by atoms with van der Waals surface area (Å²) in [6.07, 6.45) is 0.0415. The standard InChI is InChI=1S/C20H19BrFN3O3/c1-24(2)20(28)12-3-8-16(22)17(9-12)23-19(27)13-10-18(26)25(11-13)15-6-4-14(21)5-7-15/h3-9,13H,10-11H2,1-2H3,(H,23,27). The van der Waals surface area contributed by atoms with Gasteiger partial charge in [0.15, 0.2) is 0 Å². The summed E-state index contributed by atoms with van der Waals surface area (Å²) >= 11 is 3.34. The van der Waals surface area contributed by atoms with Crippen molar-refractivity contribution in [2.75, 3.05) is 30.9 Å². The van der Waals surface area contributed by atoms with Crippen LogP contribution < -0.4 is 10.2 Å². The second kappa shape index (κ2) is 8.10. The molecular formula is C20H19BrFN3O3. The van der Waals surface area contributed by atoms with Gasteiger partial charge in [0.05, 0.1) is 11.6 Å². The van der Waals surface area contributed by atoms with E-state index in [2.05, 4.69) is 21.2 Å². The van der Waals surface area contributed by atoms with Crippen LogP contribution in [0.3, 0.4) is 0 Å². The van der Waals surface area contributed by atoms with Gasteiger partial charge in [-0.1, -0.05) is 15.9 Å². The first-order valence-electron chi connectivity index (χ1n) is 8.64. The van der Waals surface area contributed by atoms with Gasteiger partial charge in [-0.25, -0.2) is 4.39 Å². The minimum atomic E-state index is -0.641. The summed E-state index contributed by atoms with van der Waals surface area (Å²) in [6, 6.07) is 11.0. The van der Waals surface area contributed by atoms with Crippen LogP contribution in [0.15, 0.2) is 46.9 Å². The van der Waals surface area contributed by atoms with Crippen molar-refractivity contribution < 1.29 is 18.8 Å². The molecule has 0 aromatic heterocycles. The lowest BCUT2D eigenvalue weighted by atomic mass is 10.1. The molecule has 1 saturated heterocycles. The molecule has 1 aliphatic heterocycles. The van der Waals surface area contributed by atoms with E-state index in [9.17, 15) is 18.8 Å². The predicted molar refractivity (Wildman–Crippen MR) is 108 cm³/mol. The van der Waals surface area contributed by atoms with Gasteiger partial charge >= 0.3 is 0 Å². The van der Waals surface area contributed by atoms with Crippen molar-refractivity contribution in [3.63, 3.8) is 0 Å². The summed E-state index contributed by atoms with van der Waals surface area (Å²) < 4.78 is 15.0. The Morgan fingerprint density at radius 2 is 1.86 bits per heavy atom. The van der Waals surface area contributed by atoms with Crippen molar-refractivity contribution in [3.05, 3.63) is 58.3 Å². The fourth-order valence-electron chi connectivity index (χ4n) is 3.00. The minimum Gasteiger partial charge on any atom is -0.345 e. The molecule has 2 aromatic rings. The Bertz CT molecular complexity index is 931. The molecule has 0 bridgehead atoms. The molecule has 1 aliphatic rings. The lowest BCUT2D eigenvalue weighted by molar-refractivity contribution is -0.122. The van der Waals surface area contributed by atoms with Gasteiger partial charge in [-0.05, 0) is 42.5 Å². The van der Waals surface area contributed by atoms with E-state index >= 15 is 0 Å². The molecule has 3 amide bonds. The Hall–Kier alpha value is -2.74. The first-order chi connectivity index (χ1) is 13.3. The summed E-state index contributed by atoms with van der Waals surface area (Å²) in [5.41, 5.74) is 0.890. The topological polar surface area (TPSA) is 69.7 Å². The molecule has 6 nitrogen and oxygen atoms in total. The first-order valence-corrected chi connectivity index (χ1v) is 9.43. The average molecular weight is 448 g/mol. The lowest BCUT2D eigenvalue weighted by Gasteiger charge is -2.17. The molecular weight excluding hydrogens is 429 g/mol. The largest absolute Gasteiger partial charge is 0.345 e. The highest BCUT2D eigenvalue weighted by Gasteiger charge is 2.35. The quantitative estimate of drug-likeness (QED) is 0.781. The molecule has 1 unspecified atom stereocenters. The number of benzene rings is 2.